The van der Waals surface area contributed by atoms with Crippen LogP contribution in [0.3, 0.4) is 0 Å². The SMILES string of the molecule is CC(C)(C)c1cc(Oc2[c-]c3c(cc2)c2ccccc2n3-c2cc(C(C)(C)C)ccn2)[c-]c(N2[CH-]N(C(C)(C)C)c3cc4c(cc32)nc2n4CCCC2)c1.[Pt]. The number of hydrogen-bond donors (Lipinski definition) is 0. The van der Waals surface area contributed by atoms with E-state index >= 15 is 0 Å². The first kappa shape index (κ1) is 37.3. The smallest absolute Gasteiger partial charge is 0.135 e. The van der Waals surface area contributed by atoms with Crippen LogP contribution >= 0.6 is 0 Å². The molecule has 0 unspecified atom stereocenters. The van der Waals surface area contributed by atoms with E-state index in [0.29, 0.717) is 11.5 Å². The van der Waals surface area contributed by atoms with Gasteiger partial charge in [0, 0.05) is 74.2 Å². The molecule has 5 heterocycles. The number of ether oxygens (including phenoxy) is 1. The number of aromatic nitrogens is 4. The Hall–Kier alpha value is -4.61. The molecule has 0 atom stereocenters. The molecule has 0 bridgehead atoms. The van der Waals surface area contributed by atoms with Crippen molar-refractivity contribution >= 4 is 49.9 Å². The molecule has 0 radical (unpaired) electrons. The fourth-order valence-electron chi connectivity index (χ4n) is 7.99. The second kappa shape index (κ2) is 13.3. The Morgan fingerprint density at radius 3 is 2.27 bits per heavy atom. The minimum absolute atomic E-state index is 0. The predicted octanol–water partition coefficient (Wildman–Crippen LogP) is 11.7. The summed E-state index contributed by atoms with van der Waals surface area (Å²) in [6.07, 6.45) is 5.33. The van der Waals surface area contributed by atoms with Crippen LogP contribution in [0.15, 0.2) is 79.0 Å². The summed E-state index contributed by atoms with van der Waals surface area (Å²) in [5.74, 6) is 3.33. The van der Waals surface area contributed by atoms with Crippen molar-refractivity contribution < 1.29 is 25.8 Å². The summed E-state index contributed by atoms with van der Waals surface area (Å²) in [5, 5.41) is 2.26. The third-order valence-corrected chi connectivity index (χ3v) is 11.0. The molecule has 7 aromatic rings. The van der Waals surface area contributed by atoms with Crippen LogP contribution in [-0.4, -0.2) is 24.6 Å². The molecule has 0 amide bonds. The van der Waals surface area contributed by atoms with Gasteiger partial charge in [-0.25, -0.2) is 9.97 Å². The Balaban J connectivity index is 0.00000427. The van der Waals surface area contributed by atoms with E-state index in [1.807, 2.05) is 12.3 Å². The van der Waals surface area contributed by atoms with Crippen molar-refractivity contribution in [1.82, 2.24) is 19.1 Å². The molecule has 7 nitrogen and oxygen atoms in total. The molecule has 2 aliphatic rings. The number of hydrogen-bond acceptors (Lipinski definition) is 5. The zero-order valence-electron chi connectivity index (χ0n) is 33.3. The first-order valence-corrected chi connectivity index (χ1v) is 19.3. The van der Waals surface area contributed by atoms with Gasteiger partial charge in [-0.05, 0) is 85.7 Å². The van der Waals surface area contributed by atoms with E-state index in [4.69, 9.17) is 14.7 Å². The van der Waals surface area contributed by atoms with Gasteiger partial charge in [0.15, 0.2) is 0 Å². The van der Waals surface area contributed by atoms with Gasteiger partial charge in [-0.1, -0.05) is 65.3 Å². The minimum atomic E-state index is -0.146. The van der Waals surface area contributed by atoms with E-state index in [1.165, 1.54) is 35.4 Å². The number of aryl methyl sites for hydroxylation is 2. The molecular formula is C47H49N6OPt-3. The molecule has 4 aromatic carbocycles. The molecule has 0 N–H and O–H groups in total. The van der Waals surface area contributed by atoms with Crippen molar-refractivity contribution in [2.75, 3.05) is 9.80 Å². The van der Waals surface area contributed by atoms with Crippen molar-refractivity contribution in [1.29, 1.82) is 0 Å². The zero-order valence-corrected chi connectivity index (χ0v) is 35.6. The Kier molecular flexibility index (Phi) is 9.00. The van der Waals surface area contributed by atoms with Gasteiger partial charge in [-0.2, -0.15) is 12.7 Å². The average Bonchev–Trinajstić information content (AvgIpc) is 3.79. The fourth-order valence-corrected chi connectivity index (χ4v) is 7.99. The van der Waals surface area contributed by atoms with Crippen LogP contribution < -0.4 is 14.5 Å². The molecule has 2 aliphatic heterocycles. The van der Waals surface area contributed by atoms with Crippen LogP contribution in [0.2, 0.25) is 0 Å². The number of anilines is 3. The van der Waals surface area contributed by atoms with Gasteiger partial charge in [-0.3, -0.25) is 0 Å². The molecule has 0 saturated heterocycles. The first-order valence-electron chi connectivity index (χ1n) is 19.3. The van der Waals surface area contributed by atoms with Crippen molar-refractivity contribution in [2.45, 2.75) is 104 Å². The molecule has 286 valence electrons. The second-order valence-corrected chi connectivity index (χ2v) is 18.1. The largest absolute Gasteiger partial charge is 0.509 e. The maximum atomic E-state index is 6.78. The van der Waals surface area contributed by atoms with Crippen molar-refractivity contribution in [3.8, 4) is 17.3 Å². The van der Waals surface area contributed by atoms with Gasteiger partial charge < -0.3 is 23.7 Å². The number of rotatable bonds is 4. The number of fused-ring (bicyclic) bond motifs is 7. The normalized spacial score (nSPS) is 14.8. The molecule has 0 spiro atoms. The van der Waals surface area contributed by atoms with Crippen LogP contribution in [0, 0.1) is 18.8 Å². The first-order chi connectivity index (χ1) is 25.6. The summed E-state index contributed by atoms with van der Waals surface area (Å²) >= 11 is 0. The summed E-state index contributed by atoms with van der Waals surface area (Å²) in [6, 6.07) is 33.3. The van der Waals surface area contributed by atoms with Crippen LogP contribution in [-0.2, 0) is 44.9 Å². The van der Waals surface area contributed by atoms with E-state index in [1.54, 1.807) is 0 Å². The Labute approximate surface area is 339 Å². The van der Waals surface area contributed by atoms with Gasteiger partial charge in [0.05, 0.1) is 11.0 Å². The Morgan fingerprint density at radius 1 is 0.727 bits per heavy atom. The molecule has 0 aliphatic carbocycles. The third-order valence-electron chi connectivity index (χ3n) is 11.0. The molecular weight excluding hydrogens is 860 g/mol. The van der Waals surface area contributed by atoms with Crippen LogP contribution in [0.1, 0.15) is 92.1 Å². The average molecular weight is 909 g/mol. The second-order valence-electron chi connectivity index (χ2n) is 18.1. The van der Waals surface area contributed by atoms with E-state index in [9.17, 15) is 0 Å². The van der Waals surface area contributed by atoms with Crippen LogP contribution in [0.4, 0.5) is 17.1 Å². The van der Waals surface area contributed by atoms with Gasteiger partial charge >= 0.3 is 0 Å². The maximum Gasteiger partial charge on any atom is 0.135 e. The number of pyridine rings is 1. The standard InChI is InChI=1S/C47H49N6O.Pt/c1-45(2,3)30-19-20-48-44(24-30)53-38-15-11-10-14-35(38)36-18-17-33(26-39(36)53)54-34-23-31(46(4,5)6)22-32(25-34)51-29-52(47(7,8)9)42-28-40-37(27-41(42)51)49-43-16-12-13-21-50(40)43;/h10-11,14-15,17-20,22-24,27-29H,12-13,16,21H2,1-9H3;/q-3;. The van der Waals surface area contributed by atoms with Gasteiger partial charge in [-0.15, -0.1) is 47.0 Å². The summed E-state index contributed by atoms with van der Waals surface area (Å²) in [7, 11) is 0. The fraction of sp³-hybridized carbons (Fsp3) is 0.340. The Bertz CT molecular complexity index is 2600. The van der Waals surface area contributed by atoms with E-state index in [2.05, 4.69) is 167 Å². The summed E-state index contributed by atoms with van der Waals surface area (Å²) in [5.41, 5.74) is 9.57. The van der Waals surface area contributed by atoms with E-state index in [0.717, 1.165) is 63.0 Å². The molecule has 0 fully saturated rings. The summed E-state index contributed by atoms with van der Waals surface area (Å²) in [6.45, 7) is 23.5. The third kappa shape index (κ3) is 6.52. The van der Waals surface area contributed by atoms with Crippen LogP contribution in [0.5, 0.6) is 11.5 Å². The predicted molar refractivity (Wildman–Crippen MR) is 222 cm³/mol. The monoisotopic (exact) mass is 908 g/mol. The number of para-hydroxylation sites is 1. The molecule has 3 aromatic heterocycles. The minimum Gasteiger partial charge on any atom is -0.509 e. The molecule has 8 heteroatoms. The molecule has 0 saturated carbocycles. The number of nitrogens with zero attached hydrogens (tertiary/aromatic N) is 6. The Morgan fingerprint density at radius 2 is 1.51 bits per heavy atom. The molecule has 55 heavy (non-hydrogen) atoms. The van der Waals surface area contributed by atoms with Crippen LogP contribution in [0.25, 0.3) is 38.7 Å². The van der Waals surface area contributed by atoms with E-state index in [-0.39, 0.29) is 37.4 Å². The van der Waals surface area contributed by atoms with Crippen molar-refractivity contribution in [3.63, 3.8) is 0 Å². The van der Waals surface area contributed by atoms with Crippen molar-refractivity contribution in [3.05, 3.63) is 115 Å². The van der Waals surface area contributed by atoms with Gasteiger partial charge in [0.25, 0.3) is 0 Å². The quantitative estimate of drug-likeness (QED) is 0.165. The maximum absolute atomic E-state index is 6.78. The number of benzene rings is 4. The van der Waals surface area contributed by atoms with Crippen molar-refractivity contribution in [2.24, 2.45) is 0 Å². The number of imidazole rings is 1. The topological polar surface area (TPSA) is 51.4 Å². The zero-order chi connectivity index (χ0) is 37.7. The molecule has 9 rings (SSSR count). The summed E-state index contributed by atoms with van der Waals surface area (Å²) in [4.78, 5) is 14.6. The van der Waals surface area contributed by atoms with E-state index < -0.39 is 0 Å². The summed E-state index contributed by atoms with van der Waals surface area (Å²) < 4.78 is 11.4. The van der Waals surface area contributed by atoms with Gasteiger partial charge in [0.2, 0.25) is 0 Å². The van der Waals surface area contributed by atoms with Gasteiger partial charge in [0.1, 0.15) is 11.6 Å².